The van der Waals surface area contributed by atoms with Gasteiger partial charge < -0.3 is 10.2 Å². The summed E-state index contributed by atoms with van der Waals surface area (Å²) in [5, 5.41) is 8.99. The van der Waals surface area contributed by atoms with E-state index in [1.807, 2.05) is 10.8 Å². The Morgan fingerprint density at radius 1 is 1.03 bits per heavy atom. The van der Waals surface area contributed by atoms with Crippen LogP contribution in [0.5, 0.6) is 0 Å². The first-order valence-electron chi connectivity index (χ1n) is 13.6. The summed E-state index contributed by atoms with van der Waals surface area (Å²) in [6, 6.07) is 14.9. The number of nitrogens with two attached hydrogens (primary N) is 1. The van der Waals surface area contributed by atoms with Crippen LogP contribution in [0.4, 0.5) is 0 Å². The van der Waals surface area contributed by atoms with Gasteiger partial charge in [0.25, 0.3) is 5.84 Å². The molecule has 7 rings (SSSR count). The zero-order valence-corrected chi connectivity index (χ0v) is 22.6. The largest absolute Gasteiger partial charge is 0.553 e. The third-order valence-corrected chi connectivity index (χ3v) is 7.74. The fourth-order valence-corrected chi connectivity index (χ4v) is 5.77. The van der Waals surface area contributed by atoms with E-state index < -0.39 is 0 Å². The molecule has 7 nitrogen and oxygen atoms in total. The Kier molecular flexibility index (Phi) is 5.40. The summed E-state index contributed by atoms with van der Waals surface area (Å²) in [6.45, 7) is 5.20. The van der Waals surface area contributed by atoms with Crippen molar-refractivity contribution in [3.63, 3.8) is 0 Å². The molecule has 1 fully saturated rings. The first kappa shape index (κ1) is 23.8. The van der Waals surface area contributed by atoms with Gasteiger partial charge in [-0.05, 0) is 48.3 Å². The summed E-state index contributed by atoms with van der Waals surface area (Å²) < 4.78 is 6.44. The number of amidine groups is 1. The maximum atomic E-state index is 6.31. The molecule has 2 aliphatic carbocycles. The number of allylic oxidation sites excluding steroid dienone is 7. The Balaban J connectivity index is 1.37. The average molecular weight is 513 g/mol. The van der Waals surface area contributed by atoms with Crippen LogP contribution in [0.15, 0.2) is 102 Å². The molecule has 1 aromatic carbocycles. The normalized spacial score (nSPS) is 20.7. The van der Waals surface area contributed by atoms with Gasteiger partial charge in [-0.15, -0.1) is 5.10 Å². The number of rotatable bonds is 5. The fourth-order valence-electron chi connectivity index (χ4n) is 5.77. The molecule has 4 aliphatic rings. The van der Waals surface area contributed by atoms with Crippen molar-refractivity contribution in [1.82, 2.24) is 24.3 Å². The van der Waals surface area contributed by atoms with E-state index in [4.69, 9.17) is 5.73 Å². The minimum atomic E-state index is -0.188. The summed E-state index contributed by atoms with van der Waals surface area (Å²) >= 11 is 0. The van der Waals surface area contributed by atoms with E-state index in [1.165, 1.54) is 18.4 Å². The molecular formula is C31H32BN7+. The number of aromatic nitrogens is 4. The van der Waals surface area contributed by atoms with Crippen molar-refractivity contribution in [3.05, 3.63) is 119 Å². The molecular weight excluding hydrogens is 481 g/mol. The monoisotopic (exact) mass is 513 g/mol. The number of hydrogen-bond acceptors (Lipinski definition) is 3. The van der Waals surface area contributed by atoms with Crippen LogP contribution < -0.4 is 5.73 Å². The smallest absolute Gasteiger partial charge is 0.399 e. The SMILES string of the molecule is C[N+](Cc1ccccc1)=C1C=CC2=C(C3=CC(C)(C)C=C(N)C=C3)c3ccc(-n4cc(C5CC5)nn4)n3[B]N21. The summed E-state index contributed by atoms with van der Waals surface area (Å²) in [4.78, 5) is 2.29. The van der Waals surface area contributed by atoms with Crippen LogP contribution in [-0.4, -0.2) is 49.3 Å². The van der Waals surface area contributed by atoms with E-state index >= 15 is 0 Å². The van der Waals surface area contributed by atoms with Crippen LogP contribution in [0.2, 0.25) is 0 Å². The van der Waals surface area contributed by atoms with Gasteiger partial charge in [0, 0.05) is 34.4 Å². The summed E-state index contributed by atoms with van der Waals surface area (Å²) in [5.74, 6) is 2.63. The van der Waals surface area contributed by atoms with Gasteiger partial charge in [0.2, 0.25) is 0 Å². The Hall–Kier alpha value is -4.33. The topological polar surface area (TPSA) is 67.9 Å². The molecule has 4 heterocycles. The van der Waals surface area contributed by atoms with Gasteiger partial charge in [0.05, 0.1) is 18.9 Å². The molecule has 1 saturated carbocycles. The molecule has 0 atom stereocenters. The van der Waals surface area contributed by atoms with Crippen LogP contribution in [-0.2, 0) is 6.54 Å². The van der Waals surface area contributed by atoms with Crippen molar-refractivity contribution >= 4 is 19.0 Å². The Labute approximate surface area is 229 Å². The highest BCUT2D eigenvalue weighted by molar-refractivity contribution is 6.40. The summed E-state index contributed by atoms with van der Waals surface area (Å²) in [6.07, 6.45) is 17.5. The minimum Gasteiger partial charge on any atom is -0.399 e. The number of hydrogen-bond donors (Lipinski definition) is 1. The molecule has 0 saturated heterocycles. The lowest BCUT2D eigenvalue weighted by atomic mass is 9.86. The third-order valence-electron chi connectivity index (χ3n) is 7.74. The molecule has 2 N–H and O–H groups in total. The molecule has 8 heteroatoms. The summed E-state index contributed by atoms with van der Waals surface area (Å²) in [7, 11) is 4.32. The molecule has 39 heavy (non-hydrogen) atoms. The van der Waals surface area contributed by atoms with Crippen molar-refractivity contribution < 1.29 is 4.58 Å². The van der Waals surface area contributed by atoms with Crippen molar-refractivity contribution in [1.29, 1.82) is 0 Å². The second-order valence-electron chi connectivity index (χ2n) is 11.5. The molecule has 0 unspecified atom stereocenters. The second-order valence-corrected chi connectivity index (χ2v) is 11.5. The van der Waals surface area contributed by atoms with Crippen molar-refractivity contribution in [2.24, 2.45) is 11.1 Å². The lowest BCUT2D eigenvalue weighted by Crippen LogP contribution is -2.41. The lowest BCUT2D eigenvalue weighted by Gasteiger charge is -2.27. The van der Waals surface area contributed by atoms with E-state index in [0.717, 1.165) is 52.1 Å². The van der Waals surface area contributed by atoms with Crippen LogP contribution in [0, 0.1) is 5.41 Å². The van der Waals surface area contributed by atoms with Crippen molar-refractivity contribution in [3.8, 4) is 5.82 Å². The predicted octanol–water partition coefficient (Wildman–Crippen LogP) is 4.53. The molecule has 0 amide bonds. The Morgan fingerprint density at radius 3 is 2.64 bits per heavy atom. The highest BCUT2D eigenvalue weighted by Gasteiger charge is 2.41. The van der Waals surface area contributed by atoms with Crippen molar-refractivity contribution in [2.75, 3.05) is 7.05 Å². The first-order valence-corrected chi connectivity index (χ1v) is 13.6. The molecule has 193 valence electrons. The van der Waals surface area contributed by atoms with E-state index in [0.29, 0.717) is 5.92 Å². The van der Waals surface area contributed by atoms with Crippen LogP contribution in [0.25, 0.3) is 11.4 Å². The third kappa shape index (κ3) is 4.30. The van der Waals surface area contributed by atoms with Gasteiger partial charge in [-0.3, -0.25) is 9.39 Å². The maximum Gasteiger partial charge on any atom is 0.553 e. The Morgan fingerprint density at radius 2 is 1.85 bits per heavy atom. The van der Waals surface area contributed by atoms with E-state index in [2.05, 4.69) is 132 Å². The fraction of sp³-hybridized carbons (Fsp3) is 0.258. The van der Waals surface area contributed by atoms with Crippen molar-refractivity contribution in [2.45, 2.75) is 39.2 Å². The van der Waals surface area contributed by atoms with E-state index in [9.17, 15) is 0 Å². The second kappa shape index (κ2) is 8.87. The zero-order chi connectivity index (χ0) is 26.7. The molecule has 2 aromatic heterocycles. The Bertz CT molecular complexity index is 1660. The quantitative estimate of drug-likeness (QED) is 0.402. The van der Waals surface area contributed by atoms with Gasteiger partial charge in [0.15, 0.2) is 0 Å². The predicted molar refractivity (Wildman–Crippen MR) is 155 cm³/mol. The molecule has 3 aromatic rings. The van der Waals surface area contributed by atoms with E-state index in [1.54, 1.807) is 0 Å². The standard InChI is InChI=1S/C31H32BN7/c1-31(2)17-23(11-12-24(33)18-31)30-26-13-15-28(36(3)19-21-7-5-4-6-8-21)38(26)32-39-27(30)14-16-29(39)37-20-25(34-35-37)22-9-10-22/h4-8,11-18,20,22H,9-10,19,33H2,1-3H3/q+1. The van der Waals surface area contributed by atoms with Gasteiger partial charge in [0.1, 0.15) is 18.1 Å². The molecule has 2 aliphatic heterocycles. The first-order chi connectivity index (χ1) is 18.9. The van der Waals surface area contributed by atoms with Gasteiger partial charge in [-0.2, -0.15) is 0 Å². The van der Waals surface area contributed by atoms with Gasteiger partial charge >= 0.3 is 7.55 Å². The molecule has 0 spiro atoms. The summed E-state index contributed by atoms with van der Waals surface area (Å²) in [5.41, 5.74) is 13.8. The highest BCUT2D eigenvalue weighted by Crippen LogP contribution is 2.41. The van der Waals surface area contributed by atoms with E-state index in [-0.39, 0.29) is 5.41 Å². The van der Waals surface area contributed by atoms with Crippen LogP contribution in [0.1, 0.15) is 49.6 Å². The lowest BCUT2D eigenvalue weighted by molar-refractivity contribution is -0.516. The highest BCUT2D eigenvalue weighted by atomic mass is 15.5. The maximum absolute atomic E-state index is 6.31. The molecule has 1 radical (unpaired) electrons. The number of nitrogens with zero attached hydrogens (tertiary/aromatic N) is 6. The number of benzene rings is 1. The van der Waals surface area contributed by atoms with Gasteiger partial charge in [-0.25, -0.2) is 4.68 Å². The molecule has 0 bridgehead atoms. The van der Waals surface area contributed by atoms with Crippen LogP contribution in [0.3, 0.4) is 0 Å². The minimum absolute atomic E-state index is 0.188. The average Bonchev–Trinajstić information content (AvgIpc) is 3.32. The zero-order valence-electron chi connectivity index (χ0n) is 22.6. The van der Waals surface area contributed by atoms with Crippen LogP contribution >= 0.6 is 0 Å². The number of fused-ring (bicyclic) bond motifs is 2. The van der Waals surface area contributed by atoms with Gasteiger partial charge in [-0.1, -0.05) is 67.6 Å².